The Morgan fingerprint density at radius 1 is 1.21 bits per heavy atom. The lowest BCUT2D eigenvalue weighted by Crippen LogP contribution is -2.11. The van der Waals surface area contributed by atoms with Gasteiger partial charge in [-0.05, 0) is 24.3 Å². The Bertz CT molecular complexity index is 472. The first kappa shape index (κ1) is 8.55. The standard InChI is InChI=1S/C9H6FN3O/c10-7-3-1-6(2-4-7)8-5-11-9(14)13-12-8/h1-5H,(H,11,13,14). The maximum Gasteiger partial charge on any atom is 0.361 e. The van der Waals surface area contributed by atoms with Crippen molar-refractivity contribution >= 4 is 0 Å². The van der Waals surface area contributed by atoms with E-state index < -0.39 is 5.69 Å². The highest BCUT2D eigenvalue weighted by Gasteiger charge is 1.99. The molecule has 1 heterocycles. The summed E-state index contributed by atoms with van der Waals surface area (Å²) in [6.45, 7) is 0. The van der Waals surface area contributed by atoms with E-state index in [1.807, 2.05) is 0 Å². The molecule has 4 nitrogen and oxygen atoms in total. The fraction of sp³-hybridized carbons (Fsp3) is 0. The lowest BCUT2D eigenvalue weighted by molar-refractivity contribution is 0.628. The molecule has 1 aromatic carbocycles. The third kappa shape index (κ3) is 1.66. The van der Waals surface area contributed by atoms with Gasteiger partial charge >= 0.3 is 5.69 Å². The maximum absolute atomic E-state index is 12.6. The lowest BCUT2D eigenvalue weighted by atomic mass is 10.2. The first-order valence-electron chi connectivity index (χ1n) is 3.93. The van der Waals surface area contributed by atoms with Crippen molar-refractivity contribution in [1.29, 1.82) is 0 Å². The molecule has 0 spiro atoms. The maximum atomic E-state index is 12.6. The minimum Gasteiger partial charge on any atom is -0.244 e. The summed E-state index contributed by atoms with van der Waals surface area (Å²) in [6.07, 6.45) is 1.34. The molecule has 1 aromatic heterocycles. The molecule has 1 N–H and O–H groups in total. The Labute approximate surface area is 78.4 Å². The van der Waals surface area contributed by atoms with Crippen LogP contribution in [0.2, 0.25) is 0 Å². The zero-order valence-electron chi connectivity index (χ0n) is 7.07. The molecule has 0 unspecified atom stereocenters. The molecule has 0 aliphatic heterocycles. The second kappa shape index (κ2) is 3.37. The van der Waals surface area contributed by atoms with Crippen molar-refractivity contribution < 1.29 is 4.39 Å². The monoisotopic (exact) mass is 191 g/mol. The molecular weight excluding hydrogens is 185 g/mol. The molecule has 14 heavy (non-hydrogen) atoms. The van der Waals surface area contributed by atoms with Gasteiger partial charge in [0.1, 0.15) is 11.5 Å². The van der Waals surface area contributed by atoms with Crippen LogP contribution >= 0.6 is 0 Å². The summed E-state index contributed by atoms with van der Waals surface area (Å²) in [7, 11) is 0. The van der Waals surface area contributed by atoms with Crippen LogP contribution in [0.3, 0.4) is 0 Å². The third-order valence-corrected chi connectivity index (χ3v) is 1.72. The van der Waals surface area contributed by atoms with Crippen LogP contribution in [-0.2, 0) is 0 Å². The van der Waals surface area contributed by atoms with Crippen LogP contribution in [0.15, 0.2) is 35.3 Å². The molecule has 0 saturated carbocycles. The van der Waals surface area contributed by atoms with Gasteiger partial charge in [0.05, 0.1) is 6.20 Å². The number of aromatic nitrogens is 3. The number of benzene rings is 1. The van der Waals surface area contributed by atoms with Gasteiger partial charge in [0.15, 0.2) is 0 Å². The second-order valence-corrected chi connectivity index (χ2v) is 2.68. The van der Waals surface area contributed by atoms with E-state index in [1.54, 1.807) is 12.1 Å². The van der Waals surface area contributed by atoms with Gasteiger partial charge in [0.25, 0.3) is 0 Å². The van der Waals surface area contributed by atoms with Gasteiger partial charge in [0, 0.05) is 5.56 Å². The van der Waals surface area contributed by atoms with Gasteiger partial charge in [-0.15, -0.1) is 0 Å². The van der Waals surface area contributed by atoms with E-state index in [0.717, 1.165) is 0 Å². The summed E-state index contributed by atoms with van der Waals surface area (Å²) in [4.78, 5) is 14.1. The summed E-state index contributed by atoms with van der Waals surface area (Å²) in [5.41, 5.74) is 0.704. The van der Waals surface area contributed by atoms with E-state index >= 15 is 0 Å². The fourth-order valence-electron chi connectivity index (χ4n) is 1.05. The van der Waals surface area contributed by atoms with Gasteiger partial charge in [-0.2, -0.15) is 10.1 Å². The Balaban J connectivity index is 2.44. The van der Waals surface area contributed by atoms with Crippen LogP contribution in [0.1, 0.15) is 0 Å². The van der Waals surface area contributed by atoms with Gasteiger partial charge < -0.3 is 0 Å². The molecule has 0 atom stereocenters. The summed E-state index contributed by atoms with van der Waals surface area (Å²) >= 11 is 0. The van der Waals surface area contributed by atoms with Crippen molar-refractivity contribution in [3.8, 4) is 11.3 Å². The molecule has 0 amide bonds. The number of rotatable bonds is 1. The average molecular weight is 191 g/mol. The number of nitrogens with zero attached hydrogens (tertiary/aromatic N) is 2. The molecule has 0 bridgehead atoms. The van der Waals surface area contributed by atoms with E-state index in [2.05, 4.69) is 15.2 Å². The molecular formula is C9H6FN3O. The molecule has 0 radical (unpaired) electrons. The second-order valence-electron chi connectivity index (χ2n) is 2.68. The molecule has 70 valence electrons. The topological polar surface area (TPSA) is 58.6 Å². The van der Waals surface area contributed by atoms with Crippen molar-refractivity contribution in [2.75, 3.05) is 0 Å². The molecule has 2 rings (SSSR count). The SMILES string of the molecule is O=c1ncc(-c2ccc(F)cc2)n[nH]1. The minimum absolute atomic E-state index is 0.314. The fourth-order valence-corrected chi connectivity index (χ4v) is 1.05. The number of H-pyrrole nitrogens is 1. The van der Waals surface area contributed by atoms with Crippen molar-refractivity contribution in [2.45, 2.75) is 0 Å². The lowest BCUT2D eigenvalue weighted by Gasteiger charge is -1.97. The smallest absolute Gasteiger partial charge is 0.244 e. The molecule has 5 heteroatoms. The largest absolute Gasteiger partial charge is 0.361 e. The predicted octanol–water partition coefficient (Wildman–Crippen LogP) is 0.971. The van der Waals surface area contributed by atoms with Gasteiger partial charge in [0.2, 0.25) is 0 Å². The molecule has 0 aliphatic rings. The van der Waals surface area contributed by atoms with Gasteiger partial charge in [-0.1, -0.05) is 0 Å². The Morgan fingerprint density at radius 3 is 2.50 bits per heavy atom. The minimum atomic E-state index is -0.504. The van der Waals surface area contributed by atoms with E-state index in [9.17, 15) is 9.18 Å². The first-order chi connectivity index (χ1) is 6.75. The summed E-state index contributed by atoms with van der Waals surface area (Å²) < 4.78 is 12.6. The highest BCUT2D eigenvalue weighted by Crippen LogP contribution is 2.14. The van der Waals surface area contributed by atoms with E-state index in [0.29, 0.717) is 11.3 Å². The number of hydrogen-bond acceptors (Lipinski definition) is 3. The van der Waals surface area contributed by atoms with Crippen LogP contribution < -0.4 is 5.69 Å². The van der Waals surface area contributed by atoms with Crippen molar-refractivity contribution in [2.24, 2.45) is 0 Å². The third-order valence-electron chi connectivity index (χ3n) is 1.72. The van der Waals surface area contributed by atoms with Crippen LogP contribution in [0.4, 0.5) is 4.39 Å². The van der Waals surface area contributed by atoms with E-state index in [1.165, 1.54) is 18.3 Å². The molecule has 0 fully saturated rings. The quantitative estimate of drug-likeness (QED) is 0.730. The molecule has 0 saturated heterocycles. The molecule has 2 aromatic rings. The van der Waals surface area contributed by atoms with Gasteiger partial charge in [-0.25, -0.2) is 14.3 Å². The summed E-state index contributed by atoms with van der Waals surface area (Å²) in [6, 6.07) is 5.78. The number of aromatic amines is 1. The molecule has 0 aliphatic carbocycles. The van der Waals surface area contributed by atoms with Crippen molar-refractivity contribution in [1.82, 2.24) is 15.2 Å². The summed E-state index contributed by atoms with van der Waals surface area (Å²) in [5, 5.41) is 5.96. The zero-order chi connectivity index (χ0) is 9.97. The average Bonchev–Trinajstić information content (AvgIpc) is 2.21. The normalized spacial score (nSPS) is 10.1. The van der Waals surface area contributed by atoms with E-state index in [4.69, 9.17) is 0 Å². The Hall–Kier alpha value is -2.04. The Morgan fingerprint density at radius 2 is 1.93 bits per heavy atom. The van der Waals surface area contributed by atoms with Crippen LogP contribution in [0, 0.1) is 5.82 Å². The number of hydrogen-bond donors (Lipinski definition) is 1. The van der Waals surface area contributed by atoms with Crippen LogP contribution in [0.5, 0.6) is 0 Å². The Kier molecular flexibility index (Phi) is 2.06. The highest BCUT2D eigenvalue weighted by atomic mass is 19.1. The zero-order valence-corrected chi connectivity index (χ0v) is 7.07. The van der Waals surface area contributed by atoms with Crippen molar-refractivity contribution in [3.05, 3.63) is 46.8 Å². The van der Waals surface area contributed by atoms with Crippen LogP contribution in [-0.4, -0.2) is 15.2 Å². The van der Waals surface area contributed by atoms with Gasteiger partial charge in [-0.3, -0.25) is 0 Å². The number of nitrogens with one attached hydrogen (secondary N) is 1. The predicted molar refractivity (Wildman–Crippen MR) is 48.0 cm³/mol. The number of halogens is 1. The summed E-state index contributed by atoms with van der Waals surface area (Å²) in [5.74, 6) is -0.314. The van der Waals surface area contributed by atoms with E-state index in [-0.39, 0.29) is 5.82 Å². The first-order valence-corrected chi connectivity index (χ1v) is 3.93. The highest BCUT2D eigenvalue weighted by molar-refractivity contribution is 5.56. The van der Waals surface area contributed by atoms with Crippen LogP contribution in [0.25, 0.3) is 11.3 Å². The van der Waals surface area contributed by atoms with Crippen molar-refractivity contribution in [3.63, 3.8) is 0 Å².